The fourth-order valence-electron chi connectivity index (χ4n) is 2.83. The fraction of sp³-hybridized carbons (Fsp3) is 0.467. The van der Waals surface area contributed by atoms with Crippen LogP contribution >= 0.6 is 0 Å². The number of benzene rings is 1. The van der Waals surface area contributed by atoms with Crippen molar-refractivity contribution in [2.75, 3.05) is 38.1 Å². The molecule has 0 unspecified atom stereocenters. The Hall–Kier alpha value is -1.88. The van der Waals surface area contributed by atoms with Crippen molar-refractivity contribution in [2.45, 2.75) is 12.8 Å². The van der Waals surface area contributed by atoms with E-state index in [0.717, 1.165) is 43.9 Å². The zero-order valence-corrected chi connectivity index (χ0v) is 11.7. The van der Waals surface area contributed by atoms with Gasteiger partial charge in [0.2, 0.25) is 5.91 Å². The zero-order chi connectivity index (χ0) is 14.1. The molecule has 3 rings (SSSR count). The van der Waals surface area contributed by atoms with Gasteiger partial charge in [0.15, 0.2) is 0 Å². The molecule has 1 N–H and O–H groups in total. The first-order valence-corrected chi connectivity index (χ1v) is 7.06. The number of hydrogen-bond acceptors (Lipinski definition) is 3. The number of nitrogens with one attached hydrogen (secondary N) is 1. The van der Waals surface area contributed by atoms with E-state index in [4.69, 9.17) is 0 Å². The normalized spacial score (nSPS) is 18.9. The van der Waals surface area contributed by atoms with Gasteiger partial charge in [-0.1, -0.05) is 0 Å². The molecule has 0 aromatic heterocycles. The first-order valence-electron chi connectivity index (χ1n) is 7.06. The molecule has 20 heavy (non-hydrogen) atoms. The third-order valence-corrected chi connectivity index (χ3v) is 4.03. The molecule has 0 bridgehead atoms. The van der Waals surface area contributed by atoms with E-state index in [1.54, 1.807) is 11.9 Å². The standard InChI is InChI=1S/C15H19N3O2/c1-17-13-4-3-11(9-12(13)10-14(17)19)15(20)18-7-2-5-16-6-8-18/h3-4,9,16H,2,5-8,10H2,1H3. The maximum absolute atomic E-state index is 12.5. The molecule has 0 aliphatic carbocycles. The number of anilines is 1. The van der Waals surface area contributed by atoms with Crippen molar-refractivity contribution in [1.82, 2.24) is 10.2 Å². The minimum atomic E-state index is 0.0681. The second-order valence-electron chi connectivity index (χ2n) is 5.37. The van der Waals surface area contributed by atoms with Crippen molar-refractivity contribution in [1.29, 1.82) is 0 Å². The van der Waals surface area contributed by atoms with Crippen LogP contribution in [0.3, 0.4) is 0 Å². The number of likely N-dealkylation sites (N-methyl/N-ethyl adjacent to an activating group) is 1. The van der Waals surface area contributed by atoms with E-state index in [1.165, 1.54) is 0 Å². The van der Waals surface area contributed by atoms with E-state index in [9.17, 15) is 9.59 Å². The van der Waals surface area contributed by atoms with Crippen LogP contribution < -0.4 is 10.2 Å². The second kappa shape index (κ2) is 5.25. The molecule has 1 fully saturated rings. The summed E-state index contributed by atoms with van der Waals surface area (Å²) in [4.78, 5) is 27.7. The topological polar surface area (TPSA) is 52.7 Å². The Labute approximate surface area is 118 Å². The summed E-state index contributed by atoms with van der Waals surface area (Å²) in [6.07, 6.45) is 1.38. The van der Waals surface area contributed by atoms with Crippen molar-refractivity contribution in [3.05, 3.63) is 29.3 Å². The molecule has 1 aromatic carbocycles. The van der Waals surface area contributed by atoms with Gasteiger partial charge in [-0.05, 0) is 36.7 Å². The summed E-state index contributed by atoms with van der Waals surface area (Å²) in [5.74, 6) is 0.155. The van der Waals surface area contributed by atoms with Crippen molar-refractivity contribution < 1.29 is 9.59 Å². The molecule has 5 nitrogen and oxygen atoms in total. The molecule has 2 heterocycles. The molecular formula is C15H19N3O2. The highest BCUT2D eigenvalue weighted by atomic mass is 16.2. The zero-order valence-electron chi connectivity index (χ0n) is 11.7. The van der Waals surface area contributed by atoms with Gasteiger partial charge in [0.05, 0.1) is 6.42 Å². The van der Waals surface area contributed by atoms with Crippen LogP contribution in [0.5, 0.6) is 0 Å². The van der Waals surface area contributed by atoms with Crippen LogP contribution in [0.15, 0.2) is 18.2 Å². The van der Waals surface area contributed by atoms with Crippen LogP contribution in [0.2, 0.25) is 0 Å². The van der Waals surface area contributed by atoms with Crippen LogP contribution in [0.25, 0.3) is 0 Å². The lowest BCUT2D eigenvalue weighted by atomic mass is 10.1. The average molecular weight is 273 g/mol. The van der Waals surface area contributed by atoms with Gasteiger partial charge in [-0.2, -0.15) is 0 Å². The Morgan fingerprint density at radius 2 is 2.10 bits per heavy atom. The SMILES string of the molecule is CN1C(=O)Cc2cc(C(=O)N3CCCNCC3)ccc21. The number of carbonyl (C=O) groups is 2. The Kier molecular flexibility index (Phi) is 3.44. The molecule has 1 saturated heterocycles. The van der Waals surface area contributed by atoms with Crippen molar-refractivity contribution in [3.8, 4) is 0 Å². The Bertz CT molecular complexity index is 548. The van der Waals surface area contributed by atoms with Gasteiger partial charge in [-0.3, -0.25) is 9.59 Å². The van der Waals surface area contributed by atoms with Crippen LogP contribution in [0, 0.1) is 0 Å². The summed E-state index contributed by atoms with van der Waals surface area (Å²) in [6.45, 7) is 3.35. The summed E-state index contributed by atoms with van der Waals surface area (Å²) in [7, 11) is 1.77. The predicted molar refractivity (Wildman–Crippen MR) is 76.9 cm³/mol. The van der Waals surface area contributed by atoms with E-state index in [-0.39, 0.29) is 11.8 Å². The van der Waals surface area contributed by atoms with Crippen molar-refractivity contribution >= 4 is 17.5 Å². The third kappa shape index (κ3) is 2.29. The van der Waals surface area contributed by atoms with Crippen LogP contribution in [0.4, 0.5) is 5.69 Å². The third-order valence-electron chi connectivity index (χ3n) is 4.03. The van der Waals surface area contributed by atoms with Gasteiger partial charge in [0.1, 0.15) is 0 Å². The number of carbonyl (C=O) groups excluding carboxylic acids is 2. The minimum absolute atomic E-state index is 0.0681. The Balaban J connectivity index is 1.82. The van der Waals surface area contributed by atoms with E-state index < -0.39 is 0 Å². The van der Waals surface area contributed by atoms with Crippen LogP contribution in [0.1, 0.15) is 22.3 Å². The highest BCUT2D eigenvalue weighted by Crippen LogP contribution is 2.28. The van der Waals surface area contributed by atoms with E-state index in [0.29, 0.717) is 12.0 Å². The van der Waals surface area contributed by atoms with E-state index in [2.05, 4.69) is 5.32 Å². The number of rotatable bonds is 1. The highest BCUT2D eigenvalue weighted by Gasteiger charge is 2.26. The lowest BCUT2D eigenvalue weighted by Gasteiger charge is -2.20. The number of fused-ring (bicyclic) bond motifs is 1. The van der Waals surface area contributed by atoms with Gasteiger partial charge in [0, 0.05) is 37.9 Å². The molecule has 2 amide bonds. The molecule has 1 aromatic rings. The maximum atomic E-state index is 12.5. The predicted octanol–water partition coefficient (Wildman–Crippen LogP) is 0.641. The molecule has 0 radical (unpaired) electrons. The first kappa shape index (κ1) is 13.1. The molecular weight excluding hydrogens is 254 g/mol. The van der Waals surface area contributed by atoms with Gasteiger partial charge in [-0.25, -0.2) is 0 Å². The summed E-state index contributed by atoms with van der Waals surface area (Å²) in [6, 6.07) is 5.58. The molecule has 5 heteroatoms. The van der Waals surface area contributed by atoms with Gasteiger partial charge in [0.25, 0.3) is 5.91 Å². The molecule has 0 saturated carbocycles. The van der Waals surface area contributed by atoms with Gasteiger partial charge < -0.3 is 15.1 Å². The number of hydrogen-bond donors (Lipinski definition) is 1. The summed E-state index contributed by atoms with van der Waals surface area (Å²) in [5.41, 5.74) is 2.56. The Morgan fingerprint density at radius 1 is 1.25 bits per heavy atom. The van der Waals surface area contributed by atoms with E-state index in [1.807, 2.05) is 23.1 Å². The fourth-order valence-corrected chi connectivity index (χ4v) is 2.83. The molecule has 2 aliphatic rings. The van der Waals surface area contributed by atoms with Gasteiger partial charge in [-0.15, -0.1) is 0 Å². The molecule has 106 valence electrons. The molecule has 2 aliphatic heterocycles. The van der Waals surface area contributed by atoms with Crippen molar-refractivity contribution in [3.63, 3.8) is 0 Å². The first-order chi connectivity index (χ1) is 9.66. The molecule has 0 spiro atoms. The maximum Gasteiger partial charge on any atom is 0.253 e. The quantitative estimate of drug-likeness (QED) is 0.817. The van der Waals surface area contributed by atoms with E-state index >= 15 is 0 Å². The number of nitrogens with zero attached hydrogens (tertiary/aromatic N) is 2. The van der Waals surface area contributed by atoms with Crippen LogP contribution in [-0.4, -0.2) is 49.9 Å². The summed E-state index contributed by atoms with van der Waals surface area (Å²) < 4.78 is 0. The second-order valence-corrected chi connectivity index (χ2v) is 5.37. The lowest BCUT2D eigenvalue weighted by Crippen LogP contribution is -2.34. The average Bonchev–Trinajstić information content (AvgIpc) is 2.65. The van der Waals surface area contributed by atoms with Crippen LogP contribution in [-0.2, 0) is 11.2 Å². The summed E-state index contributed by atoms with van der Waals surface area (Å²) >= 11 is 0. The largest absolute Gasteiger partial charge is 0.337 e. The summed E-state index contributed by atoms with van der Waals surface area (Å²) in [5, 5.41) is 3.29. The minimum Gasteiger partial charge on any atom is -0.337 e. The lowest BCUT2D eigenvalue weighted by molar-refractivity contribution is -0.117. The van der Waals surface area contributed by atoms with Gasteiger partial charge >= 0.3 is 0 Å². The molecule has 0 atom stereocenters. The smallest absolute Gasteiger partial charge is 0.253 e. The highest BCUT2D eigenvalue weighted by molar-refractivity contribution is 6.03. The number of amides is 2. The monoisotopic (exact) mass is 273 g/mol. The van der Waals surface area contributed by atoms with Crippen molar-refractivity contribution in [2.24, 2.45) is 0 Å². The Morgan fingerprint density at radius 3 is 2.95 bits per heavy atom.